The van der Waals surface area contributed by atoms with Crippen molar-refractivity contribution in [3.63, 3.8) is 0 Å². The van der Waals surface area contributed by atoms with Crippen LogP contribution in [0, 0.1) is 5.92 Å². The van der Waals surface area contributed by atoms with Crippen LogP contribution in [0.4, 0.5) is 0 Å². The molecule has 90 valence electrons. The summed E-state index contributed by atoms with van der Waals surface area (Å²) in [6.45, 7) is 4.47. The van der Waals surface area contributed by atoms with Crippen molar-refractivity contribution in [2.45, 2.75) is 51.3 Å². The maximum absolute atomic E-state index is 6.52. The highest BCUT2D eigenvalue weighted by Gasteiger charge is 2.17. The van der Waals surface area contributed by atoms with E-state index in [1.165, 1.54) is 31.2 Å². The Morgan fingerprint density at radius 2 is 1.69 bits per heavy atom. The van der Waals surface area contributed by atoms with Crippen LogP contribution in [0.3, 0.4) is 0 Å². The van der Waals surface area contributed by atoms with Gasteiger partial charge >= 0.3 is 0 Å². The Labute approximate surface area is 104 Å². The zero-order valence-corrected chi connectivity index (χ0v) is 11.1. The monoisotopic (exact) mass is 239 g/mol. The summed E-state index contributed by atoms with van der Waals surface area (Å²) in [5.41, 5.74) is 1.30. The molecule has 1 nitrogen and oxygen atoms in total. The fourth-order valence-corrected chi connectivity index (χ4v) is 2.59. The van der Waals surface area contributed by atoms with Crippen LogP contribution in [0.15, 0.2) is 24.5 Å². The summed E-state index contributed by atoms with van der Waals surface area (Å²) in [6, 6.07) is 4.12. The van der Waals surface area contributed by atoms with Crippen molar-refractivity contribution in [3.8, 4) is 0 Å². The molecule has 0 radical (unpaired) electrons. The van der Waals surface area contributed by atoms with Crippen LogP contribution in [0.25, 0.3) is 0 Å². The molecule has 0 saturated heterocycles. The number of hydrogen-bond donors (Lipinski definition) is 0. The molecule has 0 aromatic carbocycles. The Balaban J connectivity index is 2.51. The van der Waals surface area contributed by atoms with Gasteiger partial charge < -0.3 is 0 Å². The van der Waals surface area contributed by atoms with E-state index in [-0.39, 0.29) is 5.38 Å². The maximum Gasteiger partial charge on any atom is 0.0404 e. The maximum atomic E-state index is 6.52. The number of rotatable bonds is 7. The van der Waals surface area contributed by atoms with Gasteiger partial charge in [-0.1, -0.05) is 26.7 Å². The van der Waals surface area contributed by atoms with E-state index in [0.29, 0.717) is 5.92 Å². The Morgan fingerprint density at radius 1 is 1.12 bits per heavy atom. The quantitative estimate of drug-likeness (QED) is 0.641. The fraction of sp³-hybridized carbons (Fsp3) is 0.643. The summed E-state index contributed by atoms with van der Waals surface area (Å²) in [6.07, 6.45) is 9.59. The second-order valence-electron chi connectivity index (χ2n) is 4.41. The second kappa shape index (κ2) is 7.67. The molecule has 1 heterocycles. The third-order valence-corrected chi connectivity index (χ3v) is 3.52. The van der Waals surface area contributed by atoms with Crippen LogP contribution in [0.1, 0.15) is 45.1 Å². The number of nitrogens with zero attached hydrogens (tertiary/aromatic N) is 1. The molecule has 16 heavy (non-hydrogen) atoms. The molecule has 0 aliphatic heterocycles. The molecule has 2 heteroatoms. The van der Waals surface area contributed by atoms with Gasteiger partial charge in [-0.15, -0.1) is 11.6 Å². The zero-order chi connectivity index (χ0) is 11.8. The highest BCUT2D eigenvalue weighted by Crippen LogP contribution is 2.25. The Bertz CT molecular complexity index is 267. The van der Waals surface area contributed by atoms with Gasteiger partial charge in [0.25, 0.3) is 0 Å². The van der Waals surface area contributed by atoms with Crippen LogP contribution in [-0.2, 0) is 6.42 Å². The Kier molecular flexibility index (Phi) is 6.47. The van der Waals surface area contributed by atoms with Gasteiger partial charge in [-0.3, -0.25) is 4.98 Å². The Morgan fingerprint density at radius 3 is 2.19 bits per heavy atom. The summed E-state index contributed by atoms with van der Waals surface area (Å²) >= 11 is 6.52. The van der Waals surface area contributed by atoms with E-state index in [2.05, 4.69) is 31.0 Å². The predicted octanol–water partition coefficient (Wildman–Crippen LogP) is 4.45. The Hall–Kier alpha value is -0.560. The van der Waals surface area contributed by atoms with Gasteiger partial charge in [0.1, 0.15) is 0 Å². The number of hydrogen-bond acceptors (Lipinski definition) is 1. The summed E-state index contributed by atoms with van der Waals surface area (Å²) < 4.78 is 0. The summed E-state index contributed by atoms with van der Waals surface area (Å²) in [5.74, 6) is 0.657. The molecular formula is C14H22ClN. The van der Waals surface area contributed by atoms with Crippen LogP contribution < -0.4 is 0 Å². The minimum Gasteiger partial charge on any atom is -0.265 e. The molecule has 0 bridgehead atoms. The topological polar surface area (TPSA) is 12.9 Å². The molecule has 0 aliphatic carbocycles. The molecule has 1 atom stereocenters. The van der Waals surface area contributed by atoms with Crippen LogP contribution in [-0.4, -0.2) is 10.4 Å². The van der Waals surface area contributed by atoms with E-state index in [9.17, 15) is 0 Å². The lowest BCUT2D eigenvalue weighted by molar-refractivity contribution is 0.418. The molecule has 1 aromatic heterocycles. The summed E-state index contributed by atoms with van der Waals surface area (Å²) in [7, 11) is 0. The van der Waals surface area contributed by atoms with E-state index < -0.39 is 0 Å². The minimum absolute atomic E-state index is 0.266. The minimum atomic E-state index is 0.266. The average Bonchev–Trinajstić information content (AvgIpc) is 2.30. The first-order valence-electron chi connectivity index (χ1n) is 6.30. The van der Waals surface area contributed by atoms with Crippen LogP contribution in [0.5, 0.6) is 0 Å². The molecule has 0 N–H and O–H groups in total. The first kappa shape index (κ1) is 13.5. The molecule has 1 aromatic rings. The number of pyridine rings is 1. The molecular weight excluding hydrogens is 218 g/mol. The fourth-order valence-electron chi connectivity index (χ4n) is 2.16. The standard InChI is InChI=1S/C14H22ClN/c1-3-5-13(6-4-2)14(15)11-12-7-9-16-10-8-12/h7-10,13-14H,3-6,11H2,1-2H3. The molecule has 0 saturated carbocycles. The number of aromatic nitrogens is 1. The smallest absolute Gasteiger partial charge is 0.0404 e. The lowest BCUT2D eigenvalue weighted by Crippen LogP contribution is -2.17. The van der Waals surface area contributed by atoms with E-state index in [0.717, 1.165) is 6.42 Å². The van der Waals surface area contributed by atoms with Crippen molar-refractivity contribution >= 4 is 11.6 Å². The normalized spacial score (nSPS) is 13.0. The van der Waals surface area contributed by atoms with Gasteiger partial charge in [-0.25, -0.2) is 0 Å². The highest BCUT2D eigenvalue weighted by atomic mass is 35.5. The molecule has 0 amide bonds. The van der Waals surface area contributed by atoms with Gasteiger partial charge in [0.15, 0.2) is 0 Å². The summed E-state index contributed by atoms with van der Waals surface area (Å²) in [5, 5.41) is 0.266. The van der Waals surface area contributed by atoms with Gasteiger partial charge in [-0.2, -0.15) is 0 Å². The first-order valence-corrected chi connectivity index (χ1v) is 6.74. The lowest BCUT2D eigenvalue weighted by Gasteiger charge is -2.21. The van der Waals surface area contributed by atoms with Crippen molar-refractivity contribution in [1.29, 1.82) is 0 Å². The number of alkyl halides is 1. The van der Waals surface area contributed by atoms with Crippen molar-refractivity contribution < 1.29 is 0 Å². The lowest BCUT2D eigenvalue weighted by atomic mass is 9.91. The van der Waals surface area contributed by atoms with E-state index in [1.54, 1.807) is 0 Å². The van der Waals surface area contributed by atoms with Gasteiger partial charge in [0.2, 0.25) is 0 Å². The largest absolute Gasteiger partial charge is 0.265 e. The van der Waals surface area contributed by atoms with Crippen LogP contribution in [0.2, 0.25) is 0 Å². The third kappa shape index (κ3) is 4.52. The average molecular weight is 240 g/mol. The molecule has 0 spiro atoms. The number of halogens is 1. The van der Waals surface area contributed by atoms with Gasteiger partial charge in [-0.05, 0) is 42.9 Å². The van der Waals surface area contributed by atoms with Gasteiger partial charge in [0, 0.05) is 17.8 Å². The molecule has 1 rings (SSSR count). The molecule has 0 fully saturated rings. The van der Waals surface area contributed by atoms with E-state index >= 15 is 0 Å². The summed E-state index contributed by atoms with van der Waals surface area (Å²) in [4.78, 5) is 4.03. The third-order valence-electron chi connectivity index (χ3n) is 3.01. The zero-order valence-electron chi connectivity index (χ0n) is 10.3. The highest BCUT2D eigenvalue weighted by molar-refractivity contribution is 6.20. The van der Waals surface area contributed by atoms with Crippen molar-refractivity contribution in [1.82, 2.24) is 4.98 Å². The predicted molar refractivity (Wildman–Crippen MR) is 70.9 cm³/mol. The van der Waals surface area contributed by atoms with Crippen molar-refractivity contribution in [3.05, 3.63) is 30.1 Å². The van der Waals surface area contributed by atoms with Crippen molar-refractivity contribution in [2.24, 2.45) is 5.92 Å². The molecule has 0 aliphatic rings. The van der Waals surface area contributed by atoms with Gasteiger partial charge in [0.05, 0.1) is 0 Å². The SMILES string of the molecule is CCCC(CCC)C(Cl)Cc1ccncc1. The second-order valence-corrected chi connectivity index (χ2v) is 4.97. The van der Waals surface area contributed by atoms with E-state index in [1.807, 2.05) is 12.4 Å². The van der Waals surface area contributed by atoms with Crippen LogP contribution >= 0.6 is 11.6 Å². The molecule has 1 unspecified atom stereocenters. The first-order chi connectivity index (χ1) is 7.77. The van der Waals surface area contributed by atoms with E-state index in [4.69, 9.17) is 11.6 Å². The van der Waals surface area contributed by atoms with Crippen molar-refractivity contribution in [2.75, 3.05) is 0 Å².